The second kappa shape index (κ2) is 6.85. The van der Waals surface area contributed by atoms with E-state index in [0.717, 1.165) is 13.1 Å². The Morgan fingerprint density at radius 2 is 2.00 bits per heavy atom. The molecule has 0 saturated carbocycles. The molecule has 12 heavy (non-hydrogen) atoms. The molecule has 0 saturated heterocycles. The molecule has 0 aliphatic heterocycles. The molecule has 0 aromatic carbocycles. The lowest BCUT2D eigenvalue weighted by Gasteiger charge is -2.16. The molecule has 70 valence electrons. The number of ether oxygens (including phenoxy) is 1. The fourth-order valence-electron chi connectivity index (χ4n) is 0.745. The summed E-state index contributed by atoms with van der Waals surface area (Å²) in [5.41, 5.74) is 0. The Kier molecular flexibility index (Phi) is 6.38. The van der Waals surface area contributed by atoms with Crippen molar-refractivity contribution in [1.82, 2.24) is 4.90 Å². The fourth-order valence-corrected chi connectivity index (χ4v) is 0.745. The zero-order chi connectivity index (χ0) is 9.40. The van der Waals surface area contributed by atoms with Crippen molar-refractivity contribution in [3.63, 3.8) is 0 Å². The lowest BCUT2D eigenvalue weighted by molar-refractivity contribution is -0.142. The van der Waals surface area contributed by atoms with Gasteiger partial charge in [-0.2, -0.15) is 0 Å². The number of rotatable bonds is 5. The summed E-state index contributed by atoms with van der Waals surface area (Å²) < 4.78 is 4.93. The first kappa shape index (κ1) is 11.2. The van der Waals surface area contributed by atoms with E-state index in [1.54, 1.807) is 13.0 Å². The number of nitrogens with zero attached hydrogens (tertiary/aromatic N) is 1. The molecule has 0 aliphatic carbocycles. The van der Waals surface area contributed by atoms with E-state index in [9.17, 15) is 4.79 Å². The minimum absolute atomic E-state index is 0.274. The molecule has 0 heterocycles. The van der Waals surface area contributed by atoms with E-state index in [-0.39, 0.29) is 5.97 Å². The summed E-state index contributed by atoms with van der Waals surface area (Å²) >= 11 is 0. The summed E-state index contributed by atoms with van der Waals surface area (Å²) in [7, 11) is 0. The van der Waals surface area contributed by atoms with Crippen LogP contribution in [0.25, 0.3) is 0 Å². The number of hydrogen-bond donors (Lipinski definition) is 0. The highest BCUT2D eigenvalue weighted by atomic mass is 16.5. The second-order valence-electron chi connectivity index (χ2n) is 2.40. The monoisotopic (exact) mass is 171 g/mol. The Morgan fingerprint density at radius 3 is 2.42 bits per heavy atom. The van der Waals surface area contributed by atoms with E-state index in [2.05, 4.69) is 0 Å². The van der Waals surface area contributed by atoms with Gasteiger partial charge in [-0.15, -0.1) is 0 Å². The zero-order valence-electron chi connectivity index (χ0n) is 8.04. The predicted molar refractivity (Wildman–Crippen MR) is 48.7 cm³/mol. The summed E-state index contributed by atoms with van der Waals surface area (Å²) in [6.07, 6.45) is 3.09. The van der Waals surface area contributed by atoms with Crippen LogP contribution < -0.4 is 0 Å². The smallest absolute Gasteiger partial charge is 0.331 e. The first-order valence-corrected chi connectivity index (χ1v) is 4.26. The zero-order valence-corrected chi connectivity index (χ0v) is 8.04. The van der Waals surface area contributed by atoms with Crippen molar-refractivity contribution >= 4 is 5.97 Å². The van der Waals surface area contributed by atoms with Crippen LogP contribution in [0, 0.1) is 0 Å². The van der Waals surface area contributed by atoms with Crippen LogP contribution in [0.4, 0.5) is 0 Å². The number of carbonyl (C=O) groups is 1. The topological polar surface area (TPSA) is 29.5 Å². The maximum Gasteiger partial charge on any atom is 0.331 e. The minimum Gasteiger partial charge on any atom is -0.446 e. The van der Waals surface area contributed by atoms with E-state index in [1.165, 1.54) is 6.08 Å². The van der Waals surface area contributed by atoms with E-state index in [1.807, 2.05) is 18.7 Å². The third-order valence-electron chi connectivity index (χ3n) is 1.59. The largest absolute Gasteiger partial charge is 0.446 e. The van der Waals surface area contributed by atoms with Gasteiger partial charge in [-0.1, -0.05) is 19.9 Å². The molecule has 0 spiro atoms. The number of hydrogen-bond acceptors (Lipinski definition) is 3. The van der Waals surface area contributed by atoms with Crippen LogP contribution in [0.2, 0.25) is 0 Å². The summed E-state index contributed by atoms with van der Waals surface area (Å²) in [6, 6.07) is 0. The molecule has 3 heteroatoms. The van der Waals surface area contributed by atoms with Crippen LogP contribution in [0.1, 0.15) is 20.8 Å². The second-order valence-corrected chi connectivity index (χ2v) is 2.40. The highest BCUT2D eigenvalue weighted by Crippen LogP contribution is 1.89. The van der Waals surface area contributed by atoms with Crippen LogP contribution >= 0.6 is 0 Å². The molecule has 3 nitrogen and oxygen atoms in total. The molecule has 0 aliphatic rings. The molecule has 0 unspecified atom stereocenters. The SMILES string of the molecule is C/C=C/C(=O)OCN(CC)CC. The molecular weight excluding hydrogens is 154 g/mol. The van der Waals surface area contributed by atoms with Gasteiger partial charge in [0.15, 0.2) is 0 Å². The van der Waals surface area contributed by atoms with E-state index < -0.39 is 0 Å². The van der Waals surface area contributed by atoms with Crippen LogP contribution in [0.15, 0.2) is 12.2 Å². The van der Waals surface area contributed by atoms with Crippen LogP contribution in [0.3, 0.4) is 0 Å². The third-order valence-corrected chi connectivity index (χ3v) is 1.59. The fraction of sp³-hybridized carbons (Fsp3) is 0.667. The minimum atomic E-state index is -0.274. The molecule has 0 rings (SSSR count). The van der Waals surface area contributed by atoms with Crippen molar-refractivity contribution in [1.29, 1.82) is 0 Å². The molecular formula is C9H17NO2. The van der Waals surface area contributed by atoms with Gasteiger partial charge in [0.2, 0.25) is 0 Å². The lowest BCUT2D eigenvalue weighted by Crippen LogP contribution is -2.27. The first-order valence-electron chi connectivity index (χ1n) is 4.26. The van der Waals surface area contributed by atoms with E-state index in [0.29, 0.717) is 6.73 Å². The van der Waals surface area contributed by atoms with Gasteiger partial charge >= 0.3 is 5.97 Å². The first-order chi connectivity index (χ1) is 5.74. The average Bonchev–Trinajstić information content (AvgIpc) is 2.07. The van der Waals surface area contributed by atoms with Crippen molar-refractivity contribution in [2.75, 3.05) is 19.8 Å². The summed E-state index contributed by atoms with van der Waals surface area (Å²) in [5.74, 6) is -0.274. The Balaban J connectivity index is 3.58. The highest BCUT2D eigenvalue weighted by molar-refractivity contribution is 5.81. The maximum absolute atomic E-state index is 10.8. The Morgan fingerprint density at radius 1 is 1.42 bits per heavy atom. The number of carbonyl (C=O) groups excluding carboxylic acids is 1. The standard InChI is InChI=1S/C9H17NO2/c1-4-7-9(11)12-8-10(5-2)6-3/h4,7H,5-6,8H2,1-3H3/b7-4+. The molecule has 0 fully saturated rings. The molecule has 0 amide bonds. The van der Waals surface area contributed by atoms with Gasteiger partial charge < -0.3 is 4.74 Å². The van der Waals surface area contributed by atoms with Gasteiger partial charge in [0, 0.05) is 6.08 Å². The van der Waals surface area contributed by atoms with Crippen molar-refractivity contribution in [3.05, 3.63) is 12.2 Å². The van der Waals surface area contributed by atoms with Gasteiger partial charge in [0.1, 0.15) is 6.73 Å². The molecule has 0 aromatic rings. The van der Waals surface area contributed by atoms with Crippen LogP contribution in [-0.4, -0.2) is 30.7 Å². The highest BCUT2D eigenvalue weighted by Gasteiger charge is 2.00. The molecule has 0 radical (unpaired) electrons. The lowest BCUT2D eigenvalue weighted by atomic mass is 10.5. The Bertz CT molecular complexity index is 151. The van der Waals surface area contributed by atoms with Crippen molar-refractivity contribution in [3.8, 4) is 0 Å². The summed E-state index contributed by atoms with van der Waals surface area (Å²) in [4.78, 5) is 12.9. The maximum atomic E-state index is 10.8. The summed E-state index contributed by atoms with van der Waals surface area (Å²) in [6.45, 7) is 8.05. The van der Waals surface area contributed by atoms with Gasteiger partial charge in [-0.25, -0.2) is 4.79 Å². The van der Waals surface area contributed by atoms with Crippen molar-refractivity contribution in [2.45, 2.75) is 20.8 Å². The van der Waals surface area contributed by atoms with Gasteiger partial charge in [-0.3, -0.25) is 4.90 Å². The quantitative estimate of drug-likeness (QED) is 0.356. The molecule has 0 aromatic heterocycles. The Hall–Kier alpha value is -0.830. The van der Waals surface area contributed by atoms with E-state index >= 15 is 0 Å². The number of allylic oxidation sites excluding steroid dienone is 1. The van der Waals surface area contributed by atoms with E-state index in [4.69, 9.17) is 4.74 Å². The van der Waals surface area contributed by atoms with Crippen LogP contribution in [0.5, 0.6) is 0 Å². The van der Waals surface area contributed by atoms with Gasteiger partial charge in [-0.05, 0) is 20.0 Å². The molecule has 0 bridgehead atoms. The van der Waals surface area contributed by atoms with Crippen molar-refractivity contribution in [2.24, 2.45) is 0 Å². The van der Waals surface area contributed by atoms with Crippen LogP contribution in [-0.2, 0) is 9.53 Å². The molecule has 0 atom stereocenters. The molecule has 0 N–H and O–H groups in total. The predicted octanol–water partition coefficient (Wildman–Crippen LogP) is 1.41. The average molecular weight is 171 g/mol. The third kappa shape index (κ3) is 4.91. The summed E-state index contributed by atoms with van der Waals surface area (Å²) in [5, 5.41) is 0. The Labute approximate surface area is 74.0 Å². The van der Waals surface area contributed by atoms with Gasteiger partial charge in [0.05, 0.1) is 0 Å². The van der Waals surface area contributed by atoms with Gasteiger partial charge in [0.25, 0.3) is 0 Å². The van der Waals surface area contributed by atoms with Crippen molar-refractivity contribution < 1.29 is 9.53 Å². The normalized spacial score (nSPS) is 11.0. The number of esters is 1.